The Hall–Kier alpha value is -2.30. The molecule has 1 aliphatic rings. The molecule has 0 aliphatic carbocycles. The summed E-state index contributed by atoms with van der Waals surface area (Å²) in [5.41, 5.74) is 4.23. The van der Waals surface area contributed by atoms with Crippen LogP contribution in [0.3, 0.4) is 0 Å². The fourth-order valence-electron chi connectivity index (χ4n) is 3.74. The normalized spacial score (nSPS) is 15.2. The first-order valence-electron chi connectivity index (χ1n) is 9.96. The van der Waals surface area contributed by atoms with Crippen LogP contribution in [0.15, 0.2) is 71.9 Å². The van der Waals surface area contributed by atoms with E-state index in [1.54, 1.807) is 0 Å². The summed E-state index contributed by atoms with van der Waals surface area (Å²) >= 11 is 4.37. The van der Waals surface area contributed by atoms with Gasteiger partial charge >= 0.3 is 0 Å². The average Bonchev–Trinajstić information content (AvgIpc) is 3.27. The maximum absolute atomic E-state index is 5.80. The first-order chi connectivity index (χ1) is 13.8. The van der Waals surface area contributed by atoms with Crippen LogP contribution in [-0.2, 0) is 10.6 Å². The van der Waals surface area contributed by atoms with Gasteiger partial charge in [0.05, 0.1) is 0 Å². The van der Waals surface area contributed by atoms with E-state index >= 15 is 0 Å². The van der Waals surface area contributed by atoms with Crippen molar-refractivity contribution < 1.29 is 4.84 Å². The van der Waals surface area contributed by atoms with Gasteiger partial charge in [-0.2, -0.15) is 12.6 Å². The quantitative estimate of drug-likeness (QED) is 0.262. The molecule has 0 saturated carbocycles. The van der Waals surface area contributed by atoms with Crippen LogP contribution in [0.2, 0.25) is 0 Å². The SMILES string of the molecule is SCc1ccc(/C(=N/OCCN2CCCC2)c2cccc3ccccc23)cc1. The minimum Gasteiger partial charge on any atom is -0.394 e. The second-order valence-corrected chi connectivity index (χ2v) is 7.52. The lowest BCUT2D eigenvalue weighted by Gasteiger charge is -2.14. The van der Waals surface area contributed by atoms with Gasteiger partial charge in [0.25, 0.3) is 0 Å². The minimum atomic E-state index is 0.614. The molecule has 0 spiro atoms. The van der Waals surface area contributed by atoms with Crippen molar-refractivity contribution in [3.8, 4) is 0 Å². The maximum atomic E-state index is 5.80. The van der Waals surface area contributed by atoms with Crippen molar-refractivity contribution >= 4 is 29.1 Å². The van der Waals surface area contributed by atoms with E-state index < -0.39 is 0 Å². The molecule has 0 aromatic heterocycles. The molecule has 1 fully saturated rings. The van der Waals surface area contributed by atoms with E-state index in [0.717, 1.165) is 29.1 Å². The molecule has 3 aromatic rings. The number of rotatable bonds is 7. The molecule has 3 nitrogen and oxygen atoms in total. The van der Waals surface area contributed by atoms with Crippen LogP contribution in [0, 0.1) is 0 Å². The molecule has 3 aromatic carbocycles. The van der Waals surface area contributed by atoms with E-state index in [2.05, 4.69) is 89.4 Å². The van der Waals surface area contributed by atoms with Crippen LogP contribution < -0.4 is 0 Å². The molecule has 0 N–H and O–H groups in total. The molecule has 1 aliphatic heterocycles. The summed E-state index contributed by atoms with van der Waals surface area (Å²) in [4.78, 5) is 8.24. The summed E-state index contributed by atoms with van der Waals surface area (Å²) in [5, 5.41) is 6.99. The second-order valence-electron chi connectivity index (χ2n) is 7.20. The van der Waals surface area contributed by atoms with Gasteiger partial charge in [0.2, 0.25) is 0 Å². The van der Waals surface area contributed by atoms with Crippen molar-refractivity contribution in [3.63, 3.8) is 0 Å². The number of fused-ring (bicyclic) bond motifs is 1. The standard InChI is InChI=1S/C24H26N2OS/c28-18-19-10-12-21(13-11-19)24(25-27-17-16-26-14-3-4-15-26)23-9-5-7-20-6-1-2-8-22(20)23/h1-2,5-13,28H,3-4,14-18H2/b25-24-. The highest BCUT2D eigenvalue weighted by molar-refractivity contribution is 7.79. The molecular formula is C24H26N2OS. The van der Waals surface area contributed by atoms with Crippen LogP contribution in [0.5, 0.6) is 0 Å². The molecule has 0 amide bonds. The van der Waals surface area contributed by atoms with Gasteiger partial charge < -0.3 is 4.84 Å². The fourth-order valence-corrected chi connectivity index (χ4v) is 3.95. The first-order valence-corrected chi connectivity index (χ1v) is 10.6. The summed E-state index contributed by atoms with van der Waals surface area (Å²) in [5.74, 6) is 0.730. The zero-order chi connectivity index (χ0) is 19.2. The zero-order valence-corrected chi connectivity index (χ0v) is 16.9. The molecular weight excluding hydrogens is 364 g/mol. The smallest absolute Gasteiger partial charge is 0.129 e. The minimum absolute atomic E-state index is 0.614. The molecule has 0 atom stereocenters. The van der Waals surface area contributed by atoms with E-state index in [1.165, 1.54) is 42.3 Å². The van der Waals surface area contributed by atoms with E-state index in [9.17, 15) is 0 Å². The number of hydrogen-bond acceptors (Lipinski definition) is 4. The molecule has 28 heavy (non-hydrogen) atoms. The highest BCUT2D eigenvalue weighted by atomic mass is 32.1. The highest BCUT2D eigenvalue weighted by Gasteiger charge is 2.13. The van der Waals surface area contributed by atoms with Crippen LogP contribution in [0.25, 0.3) is 10.8 Å². The number of benzene rings is 3. The number of nitrogens with zero attached hydrogens (tertiary/aromatic N) is 2. The summed E-state index contributed by atoms with van der Waals surface area (Å²) in [6.07, 6.45) is 2.59. The lowest BCUT2D eigenvalue weighted by atomic mass is 9.96. The molecule has 144 valence electrons. The predicted molar refractivity (Wildman–Crippen MR) is 120 cm³/mol. The van der Waals surface area contributed by atoms with E-state index in [0.29, 0.717) is 6.61 Å². The summed E-state index contributed by atoms with van der Waals surface area (Å²) < 4.78 is 0. The third-order valence-electron chi connectivity index (χ3n) is 5.31. The van der Waals surface area contributed by atoms with Gasteiger partial charge in [0, 0.05) is 23.4 Å². The number of oxime groups is 1. The molecule has 0 unspecified atom stereocenters. The number of likely N-dealkylation sites (tertiary alicyclic amines) is 1. The van der Waals surface area contributed by atoms with Crippen LogP contribution in [0.1, 0.15) is 29.5 Å². The van der Waals surface area contributed by atoms with Crippen molar-refractivity contribution in [3.05, 3.63) is 83.4 Å². The second kappa shape index (κ2) is 9.26. The first kappa shape index (κ1) is 19.0. The van der Waals surface area contributed by atoms with Gasteiger partial charge in [-0.1, -0.05) is 71.9 Å². The van der Waals surface area contributed by atoms with Crippen LogP contribution in [0.4, 0.5) is 0 Å². The lowest BCUT2D eigenvalue weighted by Crippen LogP contribution is -2.23. The highest BCUT2D eigenvalue weighted by Crippen LogP contribution is 2.23. The van der Waals surface area contributed by atoms with Crippen LogP contribution >= 0.6 is 12.6 Å². The van der Waals surface area contributed by atoms with E-state index in [-0.39, 0.29) is 0 Å². The Morgan fingerprint density at radius 1 is 0.929 bits per heavy atom. The number of hydrogen-bond donors (Lipinski definition) is 1. The molecule has 4 heteroatoms. The fraction of sp³-hybridized carbons (Fsp3) is 0.292. The monoisotopic (exact) mass is 390 g/mol. The summed E-state index contributed by atoms with van der Waals surface area (Å²) in [6, 6.07) is 23.2. The number of thiol groups is 1. The van der Waals surface area contributed by atoms with Crippen molar-refractivity contribution in [1.82, 2.24) is 4.90 Å². The zero-order valence-electron chi connectivity index (χ0n) is 16.1. The molecule has 4 rings (SSSR count). The molecule has 1 saturated heterocycles. The van der Waals surface area contributed by atoms with Gasteiger partial charge in [0.1, 0.15) is 12.3 Å². The topological polar surface area (TPSA) is 24.8 Å². The van der Waals surface area contributed by atoms with Crippen molar-refractivity contribution in [1.29, 1.82) is 0 Å². The molecule has 1 heterocycles. The average molecular weight is 391 g/mol. The Labute approximate surface area is 172 Å². The van der Waals surface area contributed by atoms with Crippen molar-refractivity contribution in [2.24, 2.45) is 5.16 Å². The van der Waals surface area contributed by atoms with Gasteiger partial charge in [-0.05, 0) is 42.3 Å². The van der Waals surface area contributed by atoms with E-state index in [1.807, 2.05) is 0 Å². The Kier molecular flexibility index (Phi) is 6.30. The third kappa shape index (κ3) is 4.40. The summed E-state index contributed by atoms with van der Waals surface area (Å²) in [7, 11) is 0. The van der Waals surface area contributed by atoms with Gasteiger partial charge in [0.15, 0.2) is 0 Å². The van der Waals surface area contributed by atoms with Gasteiger partial charge in [-0.25, -0.2) is 0 Å². The van der Waals surface area contributed by atoms with Crippen LogP contribution in [-0.4, -0.2) is 36.9 Å². The Bertz CT molecular complexity index is 941. The lowest BCUT2D eigenvalue weighted by molar-refractivity contribution is 0.119. The predicted octanol–water partition coefficient (Wildman–Crippen LogP) is 5.13. The molecule has 0 bridgehead atoms. The van der Waals surface area contributed by atoms with Gasteiger partial charge in [-0.3, -0.25) is 4.90 Å². The Balaban J connectivity index is 1.64. The maximum Gasteiger partial charge on any atom is 0.129 e. The largest absolute Gasteiger partial charge is 0.394 e. The third-order valence-corrected chi connectivity index (χ3v) is 5.67. The Morgan fingerprint density at radius 3 is 2.46 bits per heavy atom. The van der Waals surface area contributed by atoms with Gasteiger partial charge in [-0.15, -0.1) is 0 Å². The van der Waals surface area contributed by atoms with Crippen molar-refractivity contribution in [2.45, 2.75) is 18.6 Å². The van der Waals surface area contributed by atoms with Crippen molar-refractivity contribution in [2.75, 3.05) is 26.2 Å². The van der Waals surface area contributed by atoms with E-state index in [4.69, 9.17) is 4.84 Å². The Morgan fingerprint density at radius 2 is 1.68 bits per heavy atom. The molecule has 0 radical (unpaired) electrons. The summed E-state index contributed by atoms with van der Waals surface area (Å²) in [6.45, 7) is 3.90.